The Balaban J connectivity index is 2.11. The summed E-state index contributed by atoms with van der Waals surface area (Å²) in [6.07, 6.45) is 3.42. The Morgan fingerprint density at radius 1 is 1.69 bits per heavy atom. The van der Waals surface area contributed by atoms with E-state index in [1.165, 1.54) is 17.8 Å². The van der Waals surface area contributed by atoms with Crippen LogP contribution in [0, 0.1) is 0 Å². The smallest absolute Gasteiger partial charge is 0.273 e. The maximum absolute atomic E-state index is 12.2. The zero-order valence-corrected chi connectivity index (χ0v) is 10.3. The average Bonchev–Trinajstić information content (AvgIpc) is 2.77. The van der Waals surface area contributed by atoms with Crippen LogP contribution in [0.15, 0.2) is 5.38 Å². The Morgan fingerprint density at radius 3 is 3.12 bits per heavy atom. The van der Waals surface area contributed by atoms with E-state index < -0.39 is 0 Å². The molecule has 16 heavy (non-hydrogen) atoms. The molecular formula is C11H17N3OS. The molecule has 1 atom stereocenters. The van der Waals surface area contributed by atoms with Crippen LogP contribution in [0.1, 0.15) is 41.7 Å². The molecule has 2 rings (SSSR count). The highest BCUT2D eigenvalue weighted by Crippen LogP contribution is 2.20. The number of hydrogen-bond donors (Lipinski definition) is 1. The van der Waals surface area contributed by atoms with Crippen LogP contribution in [0.2, 0.25) is 0 Å². The van der Waals surface area contributed by atoms with E-state index in [0.717, 1.165) is 24.4 Å². The Kier molecular flexibility index (Phi) is 3.56. The second-order valence-electron chi connectivity index (χ2n) is 4.17. The van der Waals surface area contributed by atoms with Crippen molar-refractivity contribution in [3.63, 3.8) is 0 Å². The molecule has 0 bridgehead atoms. The van der Waals surface area contributed by atoms with E-state index in [4.69, 9.17) is 5.73 Å². The molecule has 0 spiro atoms. The van der Waals surface area contributed by atoms with E-state index >= 15 is 0 Å². The average molecular weight is 239 g/mol. The van der Waals surface area contributed by atoms with Crippen molar-refractivity contribution in [2.24, 2.45) is 5.73 Å². The summed E-state index contributed by atoms with van der Waals surface area (Å²) in [6.45, 7) is 3.37. The molecule has 1 fully saturated rings. The lowest BCUT2D eigenvalue weighted by Gasteiger charge is -2.32. The maximum Gasteiger partial charge on any atom is 0.273 e. The number of piperidine rings is 1. The first-order valence-electron chi connectivity index (χ1n) is 5.68. The lowest BCUT2D eigenvalue weighted by Crippen LogP contribution is -2.42. The van der Waals surface area contributed by atoms with Gasteiger partial charge in [-0.15, -0.1) is 11.3 Å². The summed E-state index contributed by atoms with van der Waals surface area (Å²) in [4.78, 5) is 18.3. The van der Waals surface area contributed by atoms with Crippen molar-refractivity contribution in [2.75, 3.05) is 6.54 Å². The van der Waals surface area contributed by atoms with Crippen molar-refractivity contribution in [3.8, 4) is 0 Å². The highest BCUT2D eigenvalue weighted by molar-refractivity contribution is 7.09. The van der Waals surface area contributed by atoms with E-state index in [1.807, 2.05) is 10.3 Å². The normalized spacial score (nSPS) is 21.1. The third-order valence-electron chi connectivity index (χ3n) is 3.01. The Morgan fingerprint density at radius 2 is 2.50 bits per heavy atom. The molecule has 5 heteroatoms. The molecule has 0 saturated carbocycles. The number of rotatable bonds is 2. The Labute approximate surface area is 99.5 Å². The van der Waals surface area contributed by atoms with Crippen LogP contribution < -0.4 is 5.73 Å². The largest absolute Gasteiger partial charge is 0.335 e. The highest BCUT2D eigenvalue weighted by Gasteiger charge is 2.25. The van der Waals surface area contributed by atoms with Gasteiger partial charge in [-0.2, -0.15) is 0 Å². The van der Waals surface area contributed by atoms with Gasteiger partial charge in [-0.05, 0) is 26.2 Å². The first kappa shape index (κ1) is 11.5. The third-order valence-corrected chi connectivity index (χ3v) is 3.88. The van der Waals surface area contributed by atoms with Crippen molar-refractivity contribution in [1.82, 2.24) is 9.88 Å². The number of carbonyl (C=O) groups excluding carboxylic acids is 1. The van der Waals surface area contributed by atoms with Crippen LogP contribution in [0.5, 0.6) is 0 Å². The first-order valence-corrected chi connectivity index (χ1v) is 6.55. The van der Waals surface area contributed by atoms with E-state index in [1.54, 1.807) is 0 Å². The van der Waals surface area contributed by atoms with Gasteiger partial charge in [0, 0.05) is 24.5 Å². The number of hydrogen-bond acceptors (Lipinski definition) is 4. The van der Waals surface area contributed by atoms with Crippen molar-refractivity contribution < 1.29 is 4.79 Å². The predicted octanol–water partition coefficient (Wildman–Crippen LogP) is 1.62. The molecule has 1 aromatic heterocycles. The highest BCUT2D eigenvalue weighted by atomic mass is 32.1. The molecule has 4 nitrogen and oxygen atoms in total. The number of amides is 1. The number of nitrogens with zero attached hydrogens (tertiary/aromatic N) is 2. The van der Waals surface area contributed by atoms with Gasteiger partial charge in [0.15, 0.2) is 0 Å². The van der Waals surface area contributed by atoms with Crippen LogP contribution in [0.4, 0.5) is 0 Å². The number of thiazole rings is 1. The first-order chi connectivity index (χ1) is 7.72. The van der Waals surface area contributed by atoms with E-state index in [2.05, 4.69) is 11.9 Å². The van der Waals surface area contributed by atoms with Crippen molar-refractivity contribution in [2.45, 2.75) is 38.8 Å². The van der Waals surface area contributed by atoms with Gasteiger partial charge < -0.3 is 10.6 Å². The fourth-order valence-corrected chi connectivity index (χ4v) is 2.70. The SMILES string of the molecule is CC1CCCCN1C(=O)c1csc(CN)n1. The zero-order valence-electron chi connectivity index (χ0n) is 9.48. The van der Waals surface area contributed by atoms with Gasteiger partial charge in [-0.3, -0.25) is 4.79 Å². The van der Waals surface area contributed by atoms with Gasteiger partial charge in [-0.1, -0.05) is 0 Å². The lowest BCUT2D eigenvalue weighted by molar-refractivity contribution is 0.0630. The molecule has 1 unspecified atom stereocenters. The summed E-state index contributed by atoms with van der Waals surface area (Å²) in [5, 5.41) is 2.64. The van der Waals surface area contributed by atoms with E-state index in [-0.39, 0.29) is 5.91 Å². The second kappa shape index (κ2) is 4.93. The molecule has 1 aliphatic rings. The standard InChI is InChI=1S/C11H17N3OS/c1-8-4-2-3-5-14(8)11(15)9-7-16-10(6-12)13-9/h7-8H,2-6,12H2,1H3. The molecular weight excluding hydrogens is 222 g/mol. The minimum Gasteiger partial charge on any atom is -0.335 e. The molecule has 1 aromatic rings. The van der Waals surface area contributed by atoms with Gasteiger partial charge in [0.05, 0.1) is 0 Å². The van der Waals surface area contributed by atoms with Gasteiger partial charge >= 0.3 is 0 Å². The fraction of sp³-hybridized carbons (Fsp3) is 0.636. The summed E-state index contributed by atoms with van der Waals surface area (Å²) >= 11 is 1.46. The van der Waals surface area contributed by atoms with Gasteiger partial charge in [-0.25, -0.2) is 4.98 Å². The monoisotopic (exact) mass is 239 g/mol. The summed E-state index contributed by atoms with van der Waals surface area (Å²) in [6, 6.07) is 0.337. The number of carbonyl (C=O) groups is 1. The molecule has 0 aromatic carbocycles. The van der Waals surface area contributed by atoms with Crippen LogP contribution in [-0.2, 0) is 6.54 Å². The van der Waals surface area contributed by atoms with Crippen LogP contribution in [0.3, 0.4) is 0 Å². The minimum absolute atomic E-state index is 0.0585. The van der Waals surface area contributed by atoms with Gasteiger partial charge in [0.2, 0.25) is 0 Å². The molecule has 2 heterocycles. The molecule has 0 radical (unpaired) electrons. The molecule has 2 N–H and O–H groups in total. The van der Waals surface area contributed by atoms with Crippen molar-refractivity contribution in [3.05, 3.63) is 16.1 Å². The van der Waals surface area contributed by atoms with Crippen LogP contribution >= 0.6 is 11.3 Å². The summed E-state index contributed by atoms with van der Waals surface area (Å²) < 4.78 is 0. The van der Waals surface area contributed by atoms with Crippen molar-refractivity contribution in [1.29, 1.82) is 0 Å². The maximum atomic E-state index is 12.2. The van der Waals surface area contributed by atoms with E-state index in [9.17, 15) is 4.79 Å². The number of nitrogens with two attached hydrogens (primary N) is 1. The van der Waals surface area contributed by atoms with Gasteiger partial charge in [0.25, 0.3) is 5.91 Å². The summed E-state index contributed by atoms with van der Waals surface area (Å²) in [5.74, 6) is 0.0585. The second-order valence-corrected chi connectivity index (χ2v) is 5.12. The van der Waals surface area contributed by atoms with Gasteiger partial charge in [0.1, 0.15) is 10.7 Å². The number of likely N-dealkylation sites (tertiary alicyclic amines) is 1. The van der Waals surface area contributed by atoms with Crippen LogP contribution in [-0.4, -0.2) is 28.4 Å². The zero-order chi connectivity index (χ0) is 11.5. The lowest BCUT2D eigenvalue weighted by atomic mass is 10.0. The quantitative estimate of drug-likeness (QED) is 0.853. The Hall–Kier alpha value is -0.940. The molecule has 1 saturated heterocycles. The fourth-order valence-electron chi connectivity index (χ4n) is 2.05. The molecule has 88 valence electrons. The van der Waals surface area contributed by atoms with Crippen molar-refractivity contribution >= 4 is 17.2 Å². The summed E-state index contributed by atoms with van der Waals surface area (Å²) in [5.41, 5.74) is 6.05. The topological polar surface area (TPSA) is 59.2 Å². The van der Waals surface area contributed by atoms with E-state index in [0.29, 0.717) is 18.3 Å². The summed E-state index contributed by atoms with van der Waals surface area (Å²) in [7, 11) is 0. The third kappa shape index (κ3) is 2.25. The number of aromatic nitrogens is 1. The molecule has 1 amide bonds. The molecule has 0 aliphatic carbocycles. The Bertz CT molecular complexity index is 377. The minimum atomic E-state index is 0.0585. The molecule has 1 aliphatic heterocycles. The van der Waals surface area contributed by atoms with Crippen LogP contribution in [0.25, 0.3) is 0 Å². The predicted molar refractivity (Wildman–Crippen MR) is 64.4 cm³/mol.